The van der Waals surface area contributed by atoms with Crippen molar-refractivity contribution >= 4 is 130 Å². The Morgan fingerprint density at radius 2 is 1.18 bits per heavy atom. The molecule has 0 saturated heterocycles. The summed E-state index contributed by atoms with van der Waals surface area (Å²) >= 11 is 4.07. The molecule has 0 unspecified atom stereocenters. The van der Waals surface area contributed by atoms with Gasteiger partial charge in [0.25, 0.3) is 5.56 Å². The average Bonchev–Trinajstić information content (AvgIpc) is 0.720. The molecular formula is C55H33BrN8Na4O17S3. The van der Waals surface area contributed by atoms with Gasteiger partial charge in [0, 0.05) is 79.2 Å². The number of nitrogens with zero attached hydrogens (tertiary/aromatic N) is 4. The molecule has 2 heterocycles. The first-order chi connectivity index (χ1) is 40.3. The van der Waals surface area contributed by atoms with Gasteiger partial charge >= 0.3 is 124 Å². The van der Waals surface area contributed by atoms with Gasteiger partial charge in [0.05, 0.1) is 79.1 Å². The summed E-state index contributed by atoms with van der Waals surface area (Å²) < 4.78 is 48.9. The number of aromatic nitrogens is 4. The minimum atomic E-state index is -5.40. The standard InChI is InChI=1S/C40H27N7O15S3.C15H10BrNO2.4Na/c1-47-27-14-13-24(31-32(27)30(20-9-2-3-10-21(20)35(31)49)33(36(47)50)34(48)18-7-6-8-19(15-18)63-61-59-54)41-25-16-26(29(65(56,57)58)17-28(25)64-62-60-55)43-39-44-38(45-40(53)46-39)42-23-12-5-4-11-22(23)37(51)52;1-17-11-7-6-10(16)12-13(11)15(19)9-5-3-2-4-8(9)14(12)18;;;;/h2-17,41,54-55H,1H3,(H,51,52)(H,56,57,58)(H3,42,43,44,45,46,53);2-7,17H,1H3;;;;/q;;4*+1/p-4. The van der Waals surface area contributed by atoms with E-state index in [2.05, 4.69) is 70.9 Å². The molecule has 0 bridgehead atoms. The van der Waals surface area contributed by atoms with Gasteiger partial charge in [-0.3, -0.25) is 34.0 Å². The maximum atomic E-state index is 14.6. The number of halogens is 1. The summed E-state index contributed by atoms with van der Waals surface area (Å²) in [4.78, 5) is 90.7. The van der Waals surface area contributed by atoms with Crippen molar-refractivity contribution in [3.05, 3.63) is 198 Å². The molecule has 0 aliphatic heterocycles. The number of hydrogen-bond donors (Lipinski definition) is 5. The molecule has 5 N–H and O–H groups in total. The van der Waals surface area contributed by atoms with Gasteiger partial charge in [-0.1, -0.05) is 94.8 Å². The van der Waals surface area contributed by atoms with E-state index in [1.807, 2.05) is 0 Å². The van der Waals surface area contributed by atoms with E-state index in [0.717, 1.165) is 12.1 Å². The van der Waals surface area contributed by atoms with Gasteiger partial charge in [-0.2, -0.15) is 23.6 Å². The Hall–Kier alpha value is -5.24. The van der Waals surface area contributed by atoms with Crippen molar-refractivity contribution in [3.8, 4) is 17.1 Å². The summed E-state index contributed by atoms with van der Waals surface area (Å²) in [6, 6.07) is 31.9. The number of aromatic hydroxyl groups is 1. The Morgan fingerprint density at radius 1 is 0.614 bits per heavy atom. The number of aryl methyl sites for hydroxylation is 1. The van der Waals surface area contributed by atoms with Crippen LogP contribution in [-0.2, 0) is 35.9 Å². The fraction of sp³-hybridized carbons (Fsp3) is 0.0364. The van der Waals surface area contributed by atoms with Crippen molar-refractivity contribution in [1.29, 1.82) is 0 Å². The first-order valence-corrected chi connectivity index (χ1v) is 27.7. The Morgan fingerprint density at radius 3 is 1.81 bits per heavy atom. The first-order valence-electron chi connectivity index (χ1n) is 24.0. The maximum Gasteiger partial charge on any atom is 1.00 e. The fourth-order valence-electron chi connectivity index (χ4n) is 9.48. The number of para-hydroxylation sites is 1. The number of carbonyl (C=O) groups is 5. The predicted octanol–water partition coefficient (Wildman–Crippen LogP) is -5.89. The Kier molecular flexibility index (Phi) is 25.1. The molecule has 0 atom stereocenters. The summed E-state index contributed by atoms with van der Waals surface area (Å²) in [6.45, 7) is 0. The number of anilines is 7. The minimum absolute atomic E-state index is 0. The summed E-state index contributed by atoms with van der Waals surface area (Å²) in [5.74, 6) is -4.10. The van der Waals surface area contributed by atoms with Crippen LogP contribution in [0.2, 0.25) is 0 Å². The summed E-state index contributed by atoms with van der Waals surface area (Å²) in [5, 5.41) is 61.7. The van der Waals surface area contributed by atoms with E-state index in [9.17, 15) is 62.5 Å². The molecule has 33 heteroatoms. The predicted molar refractivity (Wildman–Crippen MR) is 297 cm³/mol. The van der Waals surface area contributed by atoms with Crippen molar-refractivity contribution in [2.45, 2.75) is 14.7 Å². The molecular weight excluding hydrogens is 1310 g/mol. The van der Waals surface area contributed by atoms with E-state index in [-0.39, 0.29) is 219 Å². The molecule has 0 amide bonds. The SMILES string of the molecule is CNc1ccc(Br)c2c1C(=O)c1ccccc1C2=O.Cn1c(=O)c(C(=O)c2cccc(SOO[O-])c2)c2c3c(c(Nc4cc(Nc5nc(O)nc(Nc6ccccc6C(=O)[O-])n5)c(S(=O)(=O)[O-])cc4SOO[O-])ccc31)C(=O)c1ccccc1-2.[Na+].[Na+].[Na+].[Na+]. The molecule has 0 fully saturated rings. The van der Waals surface area contributed by atoms with Crippen LogP contribution in [0.1, 0.15) is 74.0 Å². The van der Waals surface area contributed by atoms with Gasteiger partial charge in [0.2, 0.25) is 11.9 Å². The number of carboxylic acid groups (broad SMARTS) is 1. The Labute approximate surface area is 602 Å². The monoisotopic (exact) mass is 1340 g/mol. The van der Waals surface area contributed by atoms with Crippen molar-refractivity contribution in [2.24, 2.45) is 7.05 Å². The number of nitrogens with one attached hydrogen (secondary N) is 4. The zero-order valence-electron chi connectivity index (χ0n) is 46.6. The maximum absolute atomic E-state index is 14.6. The van der Waals surface area contributed by atoms with Crippen LogP contribution in [0, 0.1) is 0 Å². The molecule has 9 aromatic rings. The van der Waals surface area contributed by atoms with Crippen LogP contribution in [0.25, 0.3) is 22.0 Å². The molecule has 88 heavy (non-hydrogen) atoms. The molecule has 11 rings (SSSR count). The molecule has 0 radical (unpaired) electrons. The number of ketones is 4. The normalized spacial score (nSPS) is 11.6. The quantitative estimate of drug-likeness (QED) is 0.0142. The van der Waals surface area contributed by atoms with E-state index in [1.54, 1.807) is 61.6 Å². The Bertz CT molecular complexity index is 4480. The van der Waals surface area contributed by atoms with Crippen molar-refractivity contribution in [1.82, 2.24) is 19.5 Å². The molecule has 0 spiro atoms. The second-order valence-corrected chi connectivity index (χ2v) is 21.5. The number of benzene rings is 7. The van der Waals surface area contributed by atoms with Gasteiger partial charge < -0.3 is 55.9 Å². The number of pyridine rings is 1. The smallest absolute Gasteiger partial charge is 0.744 e. The van der Waals surface area contributed by atoms with Crippen LogP contribution in [0.3, 0.4) is 0 Å². The van der Waals surface area contributed by atoms with Crippen molar-refractivity contribution in [3.63, 3.8) is 0 Å². The van der Waals surface area contributed by atoms with Crippen LogP contribution < -0.4 is 161 Å². The summed E-state index contributed by atoms with van der Waals surface area (Å²) in [7, 11) is -2.26. The van der Waals surface area contributed by atoms with Crippen LogP contribution >= 0.6 is 40.0 Å². The van der Waals surface area contributed by atoms with Gasteiger partial charge in [0.1, 0.15) is 10.1 Å². The first kappa shape index (κ1) is 71.8. The van der Waals surface area contributed by atoms with Crippen LogP contribution in [0.5, 0.6) is 6.01 Å². The van der Waals surface area contributed by atoms with Crippen molar-refractivity contribution < 1.29 is 195 Å². The van der Waals surface area contributed by atoms with E-state index >= 15 is 0 Å². The van der Waals surface area contributed by atoms with Crippen LogP contribution in [0.4, 0.5) is 40.3 Å². The van der Waals surface area contributed by atoms with E-state index in [4.69, 9.17) is 0 Å². The zero-order chi connectivity index (χ0) is 59.7. The van der Waals surface area contributed by atoms with Crippen LogP contribution in [0.15, 0.2) is 157 Å². The fourth-order valence-corrected chi connectivity index (χ4v) is 11.6. The largest absolute Gasteiger partial charge is 1.00 e. The molecule has 7 aromatic carbocycles. The summed E-state index contributed by atoms with van der Waals surface area (Å²) in [5.41, 5.74) is 1.08. The summed E-state index contributed by atoms with van der Waals surface area (Å²) in [6.07, 6.45) is 0. The molecule has 25 nitrogen and oxygen atoms in total. The number of rotatable bonds is 17. The molecule has 2 aliphatic carbocycles. The molecule has 0 saturated carbocycles. The van der Waals surface area contributed by atoms with E-state index in [0.29, 0.717) is 44.5 Å². The number of carbonyl (C=O) groups excluding carboxylic acids is 5. The minimum Gasteiger partial charge on any atom is -0.744 e. The molecule has 424 valence electrons. The van der Waals surface area contributed by atoms with Gasteiger partial charge in [-0.15, -0.1) is 0 Å². The zero-order valence-corrected chi connectivity index (χ0v) is 58.6. The van der Waals surface area contributed by atoms with Gasteiger partial charge in [-0.05, 0) is 60.2 Å². The van der Waals surface area contributed by atoms with Crippen molar-refractivity contribution in [2.75, 3.05) is 28.3 Å². The number of aromatic carboxylic acids is 1. The third-order valence-electron chi connectivity index (χ3n) is 13.0. The second-order valence-electron chi connectivity index (χ2n) is 17.8. The number of fused-ring (bicyclic) bond motifs is 4. The Balaban J connectivity index is 0.000000456. The van der Waals surface area contributed by atoms with E-state index < -0.39 is 61.7 Å². The van der Waals surface area contributed by atoms with Gasteiger partial charge in [0.15, 0.2) is 23.1 Å². The van der Waals surface area contributed by atoms with E-state index in [1.165, 1.54) is 78.3 Å². The topological polar surface area (TPSA) is 378 Å². The third-order valence-corrected chi connectivity index (χ3v) is 15.8. The van der Waals surface area contributed by atoms with Gasteiger partial charge in [-0.25, -0.2) is 8.42 Å². The third kappa shape index (κ3) is 14.6. The molecule has 2 aromatic heterocycles. The second kappa shape index (κ2) is 30.7. The molecule has 2 aliphatic rings. The number of hydrogen-bond acceptors (Lipinski definition) is 26. The number of carboxylic acids is 1. The average molecular weight is 1350 g/mol. The van der Waals surface area contributed by atoms with Crippen LogP contribution in [-0.4, -0.2) is 73.7 Å².